The number of rotatable bonds is 5. The fourth-order valence-corrected chi connectivity index (χ4v) is 3.53. The predicted octanol–water partition coefficient (Wildman–Crippen LogP) is 2.95. The molecule has 0 saturated heterocycles. The van der Waals surface area contributed by atoms with Gasteiger partial charge in [-0.25, -0.2) is 17.2 Å². The maximum absolute atomic E-state index is 13.7. The minimum absolute atomic E-state index is 0.145. The fraction of sp³-hybridized carbons (Fsp3) is 0.200. The molecule has 0 aromatic heterocycles. The normalized spacial score (nSPS) is 11.5. The van der Waals surface area contributed by atoms with Gasteiger partial charge in [0.15, 0.2) is 9.84 Å². The zero-order chi connectivity index (χ0) is 15.5. The third-order valence-corrected chi connectivity index (χ3v) is 4.89. The molecular formula is C15H15F2NO2S. The first-order valence-electron chi connectivity index (χ1n) is 6.41. The van der Waals surface area contributed by atoms with Gasteiger partial charge in [-0.05, 0) is 30.5 Å². The van der Waals surface area contributed by atoms with Crippen molar-refractivity contribution < 1.29 is 17.2 Å². The van der Waals surface area contributed by atoms with E-state index in [0.717, 1.165) is 17.7 Å². The number of hydrogen-bond donors (Lipinski definition) is 1. The summed E-state index contributed by atoms with van der Waals surface area (Å²) in [6.45, 7) is 0. The molecule has 0 spiro atoms. The van der Waals surface area contributed by atoms with E-state index in [-0.39, 0.29) is 17.9 Å². The number of benzene rings is 2. The minimum Gasteiger partial charge on any atom is -0.399 e. The van der Waals surface area contributed by atoms with Crippen molar-refractivity contribution in [3.05, 3.63) is 59.7 Å². The highest BCUT2D eigenvalue weighted by molar-refractivity contribution is 7.91. The van der Waals surface area contributed by atoms with Gasteiger partial charge in [0.05, 0.1) is 5.75 Å². The summed E-state index contributed by atoms with van der Waals surface area (Å²) in [6.07, 6.45) is 0.813. The summed E-state index contributed by atoms with van der Waals surface area (Å²) in [5.74, 6) is -2.61. The van der Waals surface area contributed by atoms with E-state index in [1.807, 2.05) is 30.3 Å². The van der Waals surface area contributed by atoms with Crippen molar-refractivity contribution in [2.24, 2.45) is 0 Å². The number of nitrogen functional groups attached to an aromatic ring is 1. The largest absolute Gasteiger partial charge is 0.399 e. The van der Waals surface area contributed by atoms with Crippen molar-refractivity contribution in [3.63, 3.8) is 0 Å². The lowest BCUT2D eigenvalue weighted by atomic mass is 10.1. The molecular weight excluding hydrogens is 296 g/mol. The molecule has 6 heteroatoms. The smallest absolute Gasteiger partial charge is 0.184 e. The highest BCUT2D eigenvalue weighted by atomic mass is 32.2. The molecule has 0 bridgehead atoms. The molecule has 2 aromatic rings. The van der Waals surface area contributed by atoms with Crippen molar-refractivity contribution in [1.82, 2.24) is 0 Å². The first-order valence-corrected chi connectivity index (χ1v) is 8.06. The summed E-state index contributed by atoms with van der Waals surface area (Å²) in [7, 11) is -4.01. The zero-order valence-corrected chi connectivity index (χ0v) is 12.0. The summed E-state index contributed by atoms with van der Waals surface area (Å²) in [5.41, 5.74) is 6.11. The second-order valence-electron chi connectivity index (χ2n) is 4.72. The third kappa shape index (κ3) is 3.78. The standard InChI is InChI=1S/C15H15F2NO2S/c16-13-9-12(18)10-14(17)15(13)21(19,20)8-4-7-11-5-2-1-3-6-11/h1-3,5-6,9-10H,4,7-8,18H2. The Hall–Kier alpha value is -1.95. The van der Waals surface area contributed by atoms with Gasteiger partial charge in [0, 0.05) is 5.69 Å². The number of anilines is 1. The zero-order valence-electron chi connectivity index (χ0n) is 11.2. The average Bonchev–Trinajstić information content (AvgIpc) is 2.38. The van der Waals surface area contributed by atoms with Crippen LogP contribution in [0.25, 0.3) is 0 Å². The van der Waals surface area contributed by atoms with Gasteiger partial charge in [-0.2, -0.15) is 0 Å². The Morgan fingerprint density at radius 1 is 1.00 bits per heavy atom. The molecule has 112 valence electrons. The molecule has 0 amide bonds. The van der Waals surface area contributed by atoms with E-state index >= 15 is 0 Å². The van der Waals surface area contributed by atoms with E-state index in [0.29, 0.717) is 6.42 Å². The van der Waals surface area contributed by atoms with E-state index < -0.39 is 26.4 Å². The van der Waals surface area contributed by atoms with Gasteiger partial charge in [0.1, 0.15) is 16.5 Å². The van der Waals surface area contributed by atoms with Crippen LogP contribution in [-0.2, 0) is 16.3 Å². The van der Waals surface area contributed by atoms with Gasteiger partial charge in [0.2, 0.25) is 0 Å². The average molecular weight is 311 g/mol. The highest BCUT2D eigenvalue weighted by Gasteiger charge is 2.24. The molecule has 0 saturated carbocycles. The molecule has 0 aliphatic heterocycles. The van der Waals surface area contributed by atoms with Crippen LogP contribution in [-0.4, -0.2) is 14.2 Å². The Morgan fingerprint density at radius 3 is 2.14 bits per heavy atom. The van der Waals surface area contributed by atoms with Crippen LogP contribution in [0.5, 0.6) is 0 Å². The molecule has 0 fully saturated rings. The molecule has 0 heterocycles. The van der Waals surface area contributed by atoms with Gasteiger partial charge in [-0.1, -0.05) is 30.3 Å². The van der Waals surface area contributed by atoms with Gasteiger partial charge in [-0.15, -0.1) is 0 Å². The summed E-state index contributed by atoms with van der Waals surface area (Å²) in [4.78, 5) is -0.898. The highest BCUT2D eigenvalue weighted by Crippen LogP contribution is 2.23. The minimum atomic E-state index is -4.01. The molecule has 21 heavy (non-hydrogen) atoms. The summed E-state index contributed by atoms with van der Waals surface area (Å²) >= 11 is 0. The molecule has 2 N–H and O–H groups in total. The number of sulfone groups is 1. The predicted molar refractivity (Wildman–Crippen MR) is 77.6 cm³/mol. The second-order valence-corrected chi connectivity index (χ2v) is 6.77. The molecule has 0 radical (unpaired) electrons. The first kappa shape index (κ1) is 15.4. The molecule has 2 rings (SSSR count). The monoisotopic (exact) mass is 311 g/mol. The summed E-state index contributed by atoms with van der Waals surface area (Å²) < 4.78 is 51.4. The molecule has 0 atom stereocenters. The lowest BCUT2D eigenvalue weighted by molar-refractivity contribution is 0.519. The fourth-order valence-electron chi connectivity index (χ4n) is 2.09. The Labute approximate surface area is 122 Å². The summed E-state index contributed by atoms with van der Waals surface area (Å²) in [6, 6.07) is 10.9. The van der Waals surface area contributed by atoms with Crippen LogP contribution in [0.2, 0.25) is 0 Å². The molecule has 0 unspecified atom stereocenters. The van der Waals surface area contributed by atoms with E-state index in [2.05, 4.69) is 0 Å². The van der Waals surface area contributed by atoms with E-state index in [4.69, 9.17) is 5.73 Å². The topological polar surface area (TPSA) is 60.2 Å². The van der Waals surface area contributed by atoms with Gasteiger partial charge < -0.3 is 5.73 Å². The van der Waals surface area contributed by atoms with Gasteiger partial charge in [-0.3, -0.25) is 0 Å². The van der Waals surface area contributed by atoms with E-state index in [1.165, 1.54) is 0 Å². The number of aryl methyl sites for hydroxylation is 1. The van der Waals surface area contributed by atoms with Crippen molar-refractivity contribution >= 4 is 15.5 Å². The SMILES string of the molecule is Nc1cc(F)c(S(=O)(=O)CCCc2ccccc2)c(F)c1. The van der Waals surface area contributed by atoms with Crippen LogP contribution in [0, 0.1) is 11.6 Å². The Balaban J connectivity index is 2.12. The third-order valence-electron chi connectivity index (χ3n) is 3.05. The summed E-state index contributed by atoms with van der Waals surface area (Å²) in [5, 5.41) is 0. The van der Waals surface area contributed by atoms with E-state index in [9.17, 15) is 17.2 Å². The second kappa shape index (κ2) is 6.22. The van der Waals surface area contributed by atoms with Crippen molar-refractivity contribution in [2.75, 3.05) is 11.5 Å². The van der Waals surface area contributed by atoms with Crippen LogP contribution in [0.15, 0.2) is 47.4 Å². The van der Waals surface area contributed by atoms with Gasteiger partial charge >= 0.3 is 0 Å². The lowest BCUT2D eigenvalue weighted by Crippen LogP contribution is -2.12. The molecule has 3 nitrogen and oxygen atoms in total. The maximum atomic E-state index is 13.7. The molecule has 2 aromatic carbocycles. The van der Waals surface area contributed by atoms with Crippen molar-refractivity contribution in [1.29, 1.82) is 0 Å². The van der Waals surface area contributed by atoms with Crippen molar-refractivity contribution in [3.8, 4) is 0 Å². The van der Waals surface area contributed by atoms with E-state index in [1.54, 1.807) is 0 Å². The molecule has 0 aliphatic rings. The van der Waals surface area contributed by atoms with Crippen LogP contribution in [0.4, 0.5) is 14.5 Å². The van der Waals surface area contributed by atoms with Gasteiger partial charge in [0.25, 0.3) is 0 Å². The van der Waals surface area contributed by atoms with Crippen LogP contribution >= 0.6 is 0 Å². The Morgan fingerprint density at radius 2 is 1.57 bits per heavy atom. The van der Waals surface area contributed by atoms with Crippen LogP contribution in [0.3, 0.4) is 0 Å². The number of halogens is 2. The van der Waals surface area contributed by atoms with Crippen LogP contribution in [0.1, 0.15) is 12.0 Å². The van der Waals surface area contributed by atoms with Crippen LogP contribution < -0.4 is 5.73 Å². The quantitative estimate of drug-likeness (QED) is 0.864. The number of nitrogens with two attached hydrogens (primary N) is 1. The molecule has 0 aliphatic carbocycles. The Kier molecular flexibility index (Phi) is 4.57. The lowest BCUT2D eigenvalue weighted by Gasteiger charge is -2.08. The number of hydrogen-bond acceptors (Lipinski definition) is 3. The maximum Gasteiger partial charge on any atom is 0.184 e. The Bertz CT molecular complexity index is 708. The van der Waals surface area contributed by atoms with Crippen molar-refractivity contribution in [2.45, 2.75) is 17.7 Å². The first-order chi connectivity index (χ1) is 9.90.